The molecule has 11 heteroatoms. The van der Waals surface area contributed by atoms with Crippen molar-refractivity contribution in [1.29, 1.82) is 0 Å². The predicted molar refractivity (Wildman–Crippen MR) is 184 cm³/mol. The molecule has 3 aliphatic rings. The molecule has 1 fully saturated rings. The zero-order chi connectivity index (χ0) is 34.5. The van der Waals surface area contributed by atoms with Gasteiger partial charge in [0.2, 0.25) is 5.91 Å². The topological polar surface area (TPSA) is 135 Å². The van der Waals surface area contributed by atoms with Crippen LogP contribution in [-0.2, 0) is 25.5 Å². The molecule has 5 aromatic rings. The number of aromatic nitrogens is 1. The highest BCUT2D eigenvalue weighted by atomic mass is 16.6. The summed E-state index contributed by atoms with van der Waals surface area (Å²) in [4.78, 5) is 59.7. The number of methoxy groups -OCH3 is 1. The number of benzene rings is 4. The first-order valence-corrected chi connectivity index (χ1v) is 16.7. The van der Waals surface area contributed by atoms with E-state index in [1.165, 1.54) is 29.0 Å². The summed E-state index contributed by atoms with van der Waals surface area (Å²) in [7, 11) is 1.29. The van der Waals surface area contributed by atoms with E-state index in [4.69, 9.17) is 9.47 Å². The van der Waals surface area contributed by atoms with Crippen LogP contribution >= 0.6 is 0 Å². The third-order valence-electron chi connectivity index (χ3n) is 10.4. The van der Waals surface area contributed by atoms with Gasteiger partial charge in [-0.1, -0.05) is 66.7 Å². The largest absolute Gasteiger partial charge is 0.467 e. The zero-order valence-electron chi connectivity index (χ0n) is 27.3. The van der Waals surface area contributed by atoms with Crippen molar-refractivity contribution in [1.82, 2.24) is 14.8 Å². The number of aromatic amines is 1. The molecule has 0 bridgehead atoms. The standard InChI is InChI=1S/C39H34N4O7/c1-49-38(45)34-21-30-29-13-6-7-14-32(29)40-35(30)36(23-16-18-24(19-17-23)43(47)48)42(34)37(44)33-15-8-20-41(33)39(46)50-22-31-27-11-4-2-9-25(27)26-10-3-5-12-28(26)31/h2-7,9-14,16-19,31,33-34,36,40H,8,15,20-22H2,1H3/t33-,34-,36-/m0/s1. The number of hydrogen-bond acceptors (Lipinski definition) is 7. The molecule has 1 saturated heterocycles. The number of hydrogen-bond donors (Lipinski definition) is 1. The summed E-state index contributed by atoms with van der Waals surface area (Å²) in [5.74, 6) is -1.15. The smallest absolute Gasteiger partial charge is 0.410 e. The summed E-state index contributed by atoms with van der Waals surface area (Å²) < 4.78 is 11.2. The second-order valence-corrected chi connectivity index (χ2v) is 13.0. The van der Waals surface area contributed by atoms with E-state index in [-0.39, 0.29) is 24.6 Å². The van der Waals surface area contributed by atoms with Gasteiger partial charge in [-0.2, -0.15) is 0 Å². The number of para-hydroxylation sites is 1. The Kier molecular flexibility index (Phi) is 7.82. The lowest BCUT2D eigenvalue weighted by molar-refractivity contribution is -0.384. The number of rotatable bonds is 6. The Balaban J connectivity index is 1.13. The van der Waals surface area contributed by atoms with E-state index in [9.17, 15) is 24.5 Å². The number of ether oxygens (including phenoxy) is 2. The Morgan fingerprint density at radius 1 is 0.880 bits per heavy atom. The number of carbonyl (C=O) groups excluding carboxylic acids is 3. The number of nitro benzene ring substituents is 1. The number of fused-ring (bicyclic) bond motifs is 6. The highest BCUT2D eigenvalue weighted by Crippen LogP contribution is 2.45. The molecule has 0 unspecified atom stereocenters. The van der Waals surface area contributed by atoms with E-state index in [1.54, 1.807) is 12.1 Å². The molecule has 8 rings (SSSR count). The van der Waals surface area contributed by atoms with Crippen LogP contribution in [0.5, 0.6) is 0 Å². The Bertz CT molecular complexity index is 2110. The molecular weight excluding hydrogens is 636 g/mol. The van der Waals surface area contributed by atoms with Crippen LogP contribution in [-0.4, -0.2) is 70.0 Å². The van der Waals surface area contributed by atoms with Gasteiger partial charge in [-0.25, -0.2) is 9.59 Å². The SMILES string of the molecule is COC(=O)[C@@H]1Cc2c([nH]c3ccccc23)[C@H](c2ccc([N+](=O)[O-])cc2)N1C(=O)[C@@H]1CCCN1C(=O)OCC1c2ccccc2-c2ccccc21. The first-order chi connectivity index (χ1) is 24.4. The zero-order valence-corrected chi connectivity index (χ0v) is 27.3. The van der Waals surface area contributed by atoms with E-state index in [0.29, 0.717) is 30.6 Å². The molecule has 50 heavy (non-hydrogen) atoms. The highest BCUT2D eigenvalue weighted by Gasteiger charge is 2.48. The van der Waals surface area contributed by atoms with Crippen LogP contribution in [0, 0.1) is 10.1 Å². The first-order valence-electron chi connectivity index (χ1n) is 16.7. The van der Waals surface area contributed by atoms with Crippen molar-refractivity contribution < 1.29 is 28.8 Å². The number of likely N-dealkylation sites (tertiary alicyclic amines) is 1. The van der Waals surface area contributed by atoms with Gasteiger partial charge in [0.15, 0.2) is 0 Å². The number of nitro groups is 1. The summed E-state index contributed by atoms with van der Waals surface area (Å²) in [6.45, 7) is 0.437. The lowest BCUT2D eigenvalue weighted by atomic mass is 9.87. The molecule has 252 valence electrons. The van der Waals surface area contributed by atoms with Crippen LogP contribution in [0.1, 0.15) is 52.7 Å². The van der Waals surface area contributed by atoms with Crippen LogP contribution in [0.3, 0.4) is 0 Å². The third-order valence-corrected chi connectivity index (χ3v) is 10.4. The average molecular weight is 671 g/mol. The molecule has 0 radical (unpaired) electrons. The fourth-order valence-corrected chi connectivity index (χ4v) is 8.10. The molecule has 1 aliphatic carbocycles. The maximum Gasteiger partial charge on any atom is 0.410 e. The predicted octanol–water partition coefficient (Wildman–Crippen LogP) is 6.51. The van der Waals surface area contributed by atoms with Gasteiger partial charge in [-0.15, -0.1) is 0 Å². The van der Waals surface area contributed by atoms with Crippen molar-refractivity contribution in [2.75, 3.05) is 20.3 Å². The van der Waals surface area contributed by atoms with Gasteiger partial charge in [0.05, 0.1) is 18.1 Å². The molecule has 3 heterocycles. The second kappa shape index (κ2) is 12.5. The van der Waals surface area contributed by atoms with E-state index in [0.717, 1.165) is 38.7 Å². The minimum absolute atomic E-state index is 0.0963. The van der Waals surface area contributed by atoms with E-state index < -0.39 is 41.0 Å². The Morgan fingerprint density at radius 3 is 2.22 bits per heavy atom. The number of nitrogens with one attached hydrogen (secondary N) is 1. The van der Waals surface area contributed by atoms with Gasteiger partial charge in [0.25, 0.3) is 5.69 Å². The number of nitrogens with zero attached hydrogens (tertiary/aromatic N) is 3. The second-order valence-electron chi connectivity index (χ2n) is 13.0. The normalized spacial score (nSPS) is 19.5. The molecule has 2 amide bonds. The fourth-order valence-electron chi connectivity index (χ4n) is 8.10. The van der Waals surface area contributed by atoms with Crippen molar-refractivity contribution in [2.24, 2.45) is 0 Å². The summed E-state index contributed by atoms with van der Waals surface area (Å²) in [6.07, 6.45) is 0.572. The lowest BCUT2D eigenvalue weighted by Gasteiger charge is -2.43. The summed E-state index contributed by atoms with van der Waals surface area (Å²) in [5, 5.41) is 12.4. The molecular formula is C39H34N4O7. The van der Waals surface area contributed by atoms with Gasteiger partial charge >= 0.3 is 12.1 Å². The minimum Gasteiger partial charge on any atom is -0.467 e. The maximum absolute atomic E-state index is 14.9. The molecule has 0 spiro atoms. The van der Waals surface area contributed by atoms with Crippen molar-refractivity contribution in [3.63, 3.8) is 0 Å². The van der Waals surface area contributed by atoms with Gasteiger partial charge in [-0.3, -0.25) is 19.8 Å². The minimum atomic E-state index is -1.01. The number of non-ortho nitro benzene ring substituents is 1. The Morgan fingerprint density at radius 2 is 1.54 bits per heavy atom. The number of amides is 2. The fraction of sp³-hybridized carbons (Fsp3) is 0.256. The van der Waals surface area contributed by atoms with Gasteiger partial charge in [-0.05, 0) is 64.4 Å². The maximum atomic E-state index is 14.9. The van der Waals surface area contributed by atoms with Crippen LogP contribution in [0.15, 0.2) is 97.1 Å². The number of H-pyrrole nitrogens is 1. The molecule has 1 N–H and O–H groups in total. The van der Waals surface area contributed by atoms with E-state index in [1.807, 2.05) is 48.5 Å². The summed E-state index contributed by atoms with van der Waals surface area (Å²) >= 11 is 0. The number of carbonyl (C=O) groups is 3. The van der Waals surface area contributed by atoms with Gasteiger partial charge < -0.3 is 19.4 Å². The monoisotopic (exact) mass is 670 g/mol. The van der Waals surface area contributed by atoms with Crippen molar-refractivity contribution >= 4 is 34.6 Å². The Labute approximate surface area is 287 Å². The highest BCUT2D eigenvalue weighted by molar-refractivity contribution is 5.94. The van der Waals surface area contributed by atoms with Gasteiger partial charge in [0, 0.05) is 47.6 Å². The summed E-state index contributed by atoms with van der Waals surface area (Å²) in [6, 6.07) is 27.2. The Hall–Kier alpha value is -5.97. The van der Waals surface area contributed by atoms with E-state index in [2.05, 4.69) is 29.2 Å². The van der Waals surface area contributed by atoms with Crippen LogP contribution < -0.4 is 0 Å². The van der Waals surface area contributed by atoms with Crippen molar-refractivity contribution in [3.8, 4) is 11.1 Å². The molecule has 11 nitrogen and oxygen atoms in total. The quantitative estimate of drug-likeness (QED) is 0.124. The van der Waals surface area contributed by atoms with Crippen molar-refractivity contribution in [2.45, 2.75) is 43.3 Å². The van der Waals surface area contributed by atoms with Crippen molar-refractivity contribution in [3.05, 3.63) is 135 Å². The van der Waals surface area contributed by atoms with Crippen LogP contribution in [0.25, 0.3) is 22.0 Å². The van der Waals surface area contributed by atoms with Gasteiger partial charge in [0.1, 0.15) is 18.7 Å². The van der Waals surface area contributed by atoms with Crippen LogP contribution in [0.2, 0.25) is 0 Å². The average Bonchev–Trinajstić information content (AvgIpc) is 3.87. The molecule has 4 aromatic carbocycles. The summed E-state index contributed by atoms with van der Waals surface area (Å²) in [5.41, 5.74) is 7.30. The van der Waals surface area contributed by atoms with E-state index >= 15 is 0 Å². The molecule has 1 aromatic heterocycles. The third kappa shape index (κ3) is 5.08. The number of esters is 1. The molecule has 2 aliphatic heterocycles. The molecule has 3 atom stereocenters. The lowest BCUT2D eigenvalue weighted by Crippen LogP contribution is -2.57. The first kappa shape index (κ1) is 31.3. The molecule has 0 saturated carbocycles. The van der Waals surface area contributed by atoms with Crippen LogP contribution in [0.4, 0.5) is 10.5 Å².